The van der Waals surface area contributed by atoms with E-state index in [0.717, 1.165) is 22.5 Å². The van der Waals surface area contributed by atoms with Gasteiger partial charge >= 0.3 is 0 Å². The molecule has 0 unspecified atom stereocenters. The summed E-state index contributed by atoms with van der Waals surface area (Å²) >= 11 is 5.85. The average Bonchev–Trinajstić information content (AvgIpc) is 3.17. The number of carbonyl (C=O) groups excluding carboxylic acids is 1. The Labute approximate surface area is 184 Å². The first-order valence-electron chi connectivity index (χ1n) is 9.81. The maximum Gasteiger partial charge on any atom is 0.262 e. The van der Waals surface area contributed by atoms with E-state index in [9.17, 15) is 4.79 Å². The zero-order chi connectivity index (χ0) is 21.8. The molecule has 8 heteroatoms. The van der Waals surface area contributed by atoms with Crippen molar-refractivity contribution < 1.29 is 14.3 Å². The number of fused-ring (bicyclic) bond motifs is 1. The van der Waals surface area contributed by atoms with E-state index < -0.39 is 0 Å². The molecule has 1 N–H and O–H groups in total. The van der Waals surface area contributed by atoms with Crippen LogP contribution in [0.1, 0.15) is 12.5 Å². The van der Waals surface area contributed by atoms with Gasteiger partial charge in [0.2, 0.25) is 0 Å². The number of carbonyl (C=O) groups is 1. The molecule has 1 heterocycles. The number of amides is 1. The molecule has 1 amide bonds. The number of nitrogens with zero attached hydrogens (tertiary/aromatic N) is 3. The Morgan fingerprint density at radius 2 is 1.58 bits per heavy atom. The molecule has 0 atom stereocenters. The third kappa shape index (κ3) is 4.95. The number of benzene rings is 3. The van der Waals surface area contributed by atoms with Crippen molar-refractivity contribution in [2.45, 2.75) is 13.8 Å². The van der Waals surface area contributed by atoms with Crippen molar-refractivity contribution in [2.24, 2.45) is 0 Å². The van der Waals surface area contributed by atoms with E-state index in [1.54, 1.807) is 29.1 Å². The van der Waals surface area contributed by atoms with Crippen LogP contribution in [0, 0.1) is 6.92 Å². The molecule has 0 aliphatic heterocycles. The first kappa shape index (κ1) is 20.7. The van der Waals surface area contributed by atoms with E-state index in [0.29, 0.717) is 28.6 Å². The Kier molecular flexibility index (Phi) is 6.04. The molecule has 0 bridgehead atoms. The molecule has 0 saturated heterocycles. The zero-order valence-electron chi connectivity index (χ0n) is 17.1. The second kappa shape index (κ2) is 9.06. The van der Waals surface area contributed by atoms with Gasteiger partial charge in [0.1, 0.15) is 22.5 Å². The molecule has 3 aromatic carbocycles. The van der Waals surface area contributed by atoms with E-state index in [1.807, 2.05) is 50.2 Å². The summed E-state index contributed by atoms with van der Waals surface area (Å²) < 4.78 is 11.0. The fourth-order valence-electron chi connectivity index (χ4n) is 3.03. The van der Waals surface area contributed by atoms with Crippen LogP contribution in [0.3, 0.4) is 0 Å². The summed E-state index contributed by atoms with van der Waals surface area (Å²) in [5.41, 5.74) is 3.77. The highest BCUT2D eigenvalue weighted by Crippen LogP contribution is 2.23. The maximum absolute atomic E-state index is 12.3. The molecule has 1 aromatic heterocycles. The van der Waals surface area contributed by atoms with Crippen LogP contribution in [0.2, 0.25) is 5.02 Å². The van der Waals surface area contributed by atoms with Crippen LogP contribution >= 0.6 is 11.6 Å². The van der Waals surface area contributed by atoms with E-state index in [2.05, 4.69) is 15.5 Å². The molecule has 0 aliphatic carbocycles. The molecule has 4 aromatic rings. The predicted molar refractivity (Wildman–Crippen MR) is 120 cm³/mol. The van der Waals surface area contributed by atoms with E-state index >= 15 is 0 Å². The second-order valence-corrected chi connectivity index (χ2v) is 7.30. The van der Waals surface area contributed by atoms with Gasteiger partial charge < -0.3 is 14.8 Å². The lowest BCUT2D eigenvalue weighted by Gasteiger charge is -2.09. The number of ether oxygens (including phenoxy) is 2. The normalized spacial score (nSPS) is 10.8. The van der Waals surface area contributed by atoms with Gasteiger partial charge in [-0.3, -0.25) is 4.79 Å². The van der Waals surface area contributed by atoms with Crippen LogP contribution in [0.5, 0.6) is 11.5 Å². The highest BCUT2D eigenvalue weighted by molar-refractivity contribution is 6.30. The topological polar surface area (TPSA) is 78.3 Å². The van der Waals surface area contributed by atoms with Crippen LogP contribution in [0.4, 0.5) is 5.69 Å². The van der Waals surface area contributed by atoms with Crippen molar-refractivity contribution in [3.05, 3.63) is 71.2 Å². The lowest BCUT2D eigenvalue weighted by Crippen LogP contribution is -2.20. The van der Waals surface area contributed by atoms with Gasteiger partial charge in [0, 0.05) is 10.7 Å². The van der Waals surface area contributed by atoms with Crippen molar-refractivity contribution in [1.82, 2.24) is 15.0 Å². The number of hydrogen-bond acceptors (Lipinski definition) is 5. The molecule has 0 fully saturated rings. The third-order valence-corrected chi connectivity index (χ3v) is 4.81. The van der Waals surface area contributed by atoms with E-state index in [-0.39, 0.29) is 12.5 Å². The number of rotatable bonds is 7. The smallest absolute Gasteiger partial charge is 0.262 e. The quantitative estimate of drug-likeness (QED) is 0.450. The molecule has 7 nitrogen and oxygen atoms in total. The van der Waals surface area contributed by atoms with Crippen LogP contribution in [0.15, 0.2) is 60.7 Å². The van der Waals surface area contributed by atoms with Crippen molar-refractivity contribution in [3.63, 3.8) is 0 Å². The SMILES string of the molecule is CCOc1ccc(-n2nc3cc(C)c(NC(=O)COc4ccc(Cl)cc4)cc3n2)cc1. The maximum atomic E-state index is 12.3. The van der Waals surface area contributed by atoms with Crippen molar-refractivity contribution in [2.75, 3.05) is 18.5 Å². The number of anilines is 1. The first-order valence-corrected chi connectivity index (χ1v) is 10.2. The van der Waals surface area contributed by atoms with Crippen molar-refractivity contribution >= 4 is 34.2 Å². The minimum absolute atomic E-state index is 0.113. The van der Waals surface area contributed by atoms with E-state index in [1.165, 1.54) is 0 Å². The Morgan fingerprint density at radius 3 is 2.26 bits per heavy atom. The highest BCUT2D eigenvalue weighted by Gasteiger charge is 2.11. The molecule has 158 valence electrons. The first-order chi connectivity index (χ1) is 15.0. The van der Waals surface area contributed by atoms with E-state index in [4.69, 9.17) is 21.1 Å². The number of hydrogen-bond donors (Lipinski definition) is 1. The summed E-state index contributed by atoms with van der Waals surface area (Å²) in [6.45, 7) is 4.35. The summed E-state index contributed by atoms with van der Waals surface area (Å²) in [4.78, 5) is 13.9. The highest BCUT2D eigenvalue weighted by atomic mass is 35.5. The second-order valence-electron chi connectivity index (χ2n) is 6.86. The van der Waals surface area contributed by atoms with Gasteiger partial charge in [-0.2, -0.15) is 4.80 Å². The van der Waals surface area contributed by atoms with Crippen LogP contribution < -0.4 is 14.8 Å². The van der Waals surface area contributed by atoms with Gasteiger partial charge in [-0.1, -0.05) is 11.6 Å². The lowest BCUT2D eigenvalue weighted by atomic mass is 10.1. The summed E-state index contributed by atoms with van der Waals surface area (Å²) in [5, 5.41) is 12.6. The number of halogens is 1. The molecule has 0 saturated carbocycles. The number of nitrogens with one attached hydrogen (secondary N) is 1. The van der Waals surface area contributed by atoms with Gasteiger partial charge in [-0.05, 0) is 80.1 Å². The molecule has 31 heavy (non-hydrogen) atoms. The summed E-state index contributed by atoms with van der Waals surface area (Å²) in [6.07, 6.45) is 0. The summed E-state index contributed by atoms with van der Waals surface area (Å²) in [6, 6.07) is 18.1. The van der Waals surface area contributed by atoms with Crippen molar-refractivity contribution in [1.29, 1.82) is 0 Å². The van der Waals surface area contributed by atoms with Crippen LogP contribution in [0.25, 0.3) is 16.7 Å². The molecule has 4 rings (SSSR count). The minimum atomic E-state index is -0.267. The number of aryl methyl sites for hydroxylation is 1. The fourth-order valence-corrected chi connectivity index (χ4v) is 3.15. The Morgan fingerprint density at radius 1 is 0.968 bits per heavy atom. The molecule has 0 aliphatic rings. The molecule has 0 spiro atoms. The van der Waals surface area contributed by atoms with Gasteiger partial charge in [-0.15, -0.1) is 10.2 Å². The Balaban J connectivity index is 1.47. The third-order valence-electron chi connectivity index (χ3n) is 4.56. The largest absolute Gasteiger partial charge is 0.494 e. The average molecular weight is 437 g/mol. The van der Waals surface area contributed by atoms with Crippen LogP contribution in [-0.4, -0.2) is 34.1 Å². The van der Waals surface area contributed by atoms with Gasteiger partial charge in [0.15, 0.2) is 6.61 Å². The predicted octanol–water partition coefficient (Wildman–Crippen LogP) is 4.80. The Hall–Kier alpha value is -3.58. The lowest BCUT2D eigenvalue weighted by molar-refractivity contribution is -0.118. The van der Waals surface area contributed by atoms with Gasteiger partial charge in [0.25, 0.3) is 5.91 Å². The minimum Gasteiger partial charge on any atom is -0.494 e. The fraction of sp³-hybridized carbons (Fsp3) is 0.174. The molecular formula is C23H21ClN4O3. The number of aromatic nitrogens is 3. The zero-order valence-corrected chi connectivity index (χ0v) is 17.9. The van der Waals surface area contributed by atoms with Gasteiger partial charge in [0.05, 0.1) is 12.3 Å². The summed E-state index contributed by atoms with van der Waals surface area (Å²) in [5.74, 6) is 1.10. The van der Waals surface area contributed by atoms with Crippen LogP contribution in [-0.2, 0) is 4.79 Å². The standard InChI is InChI=1S/C23H21ClN4O3/c1-3-30-18-10-6-17(7-11-18)28-26-21-12-15(2)20(13-22(21)27-28)25-23(29)14-31-19-8-4-16(24)5-9-19/h4-13H,3,14H2,1-2H3,(H,25,29). The molecule has 0 radical (unpaired) electrons. The van der Waals surface area contributed by atoms with Gasteiger partial charge in [-0.25, -0.2) is 0 Å². The summed E-state index contributed by atoms with van der Waals surface area (Å²) in [7, 11) is 0. The Bertz CT molecular complexity index is 1200. The monoisotopic (exact) mass is 436 g/mol. The van der Waals surface area contributed by atoms with Crippen molar-refractivity contribution in [3.8, 4) is 17.2 Å². The molecular weight excluding hydrogens is 416 g/mol.